The second-order valence-corrected chi connectivity index (χ2v) is 5.25. The van der Waals surface area contributed by atoms with E-state index in [0.29, 0.717) is 12.4 Å². The number of benzene rings is 1. The second-order valence-electron chi connectivity index (χ2n) is 4.96. The van der Waals surface area contributed by atoms with Gasteiger partial charge in [-0.1, -0.05) is 37.3 Å². The van der Waals surface area contributed by atoms with Crippen LogP contribution in [0, 0.1) is 0 Å². The molecule has 1 aromatic heterocycles. The zero-order valence-electron chi connectivity index (χ0n) is 11.8. The number of aromatic nitrogens is 2. The number of nitrogens with zero attached hydrogens (tertiary/aromatic N) is 3. The summed E-state index contributed by atoms with van der Waals surface area (Å²) in [6.07, 6.45) is 2.93. The lowest BCUT2D eigenvalue weighted by Crippen LogP contribution is -2.32. The van der Waals surface area contributed by atoms with E-state index < -0.39 is 0 Å². The largest absolute Gasteiger partial charge is 0.461 e. The van der Waals surface area contributed by atoms with E-state index in [4.69, 9.17) is 0 Å². The van der Waals surface area contributed by atoms with Gasteiger partial charge in [0, 0.05) is 11.8 Å². The van der Waals surface area contributed by atoms with Crippen LogP contribution in [0.2, 0.25) is 0 Å². The maximum Gasteiger partial charge on any atom is 0.310 e. The highest BCUT2D eigenvalue weighted by Gasteiger charge is 2.34. The third-order valence-electron chi connectivity index (χ3n) is 3.69. The summed E-state index contributed by atoms with van der Waals surface area (Å²) in [5, 5.41) is 0. The van der Waals surface area contributed by atoms with Gasteiger partial charge in [0.15, 0.2) is 5.95 Å². The molecule has 5 nitrogen and oxygen atoms in total. The van der Waals surface area contributed by atoms with E-state index in [2.05, 4.69) is 49.8 Å². The number of hydrogen-bond donors (Lipinski definition) is 1. The van der Waals surface area contributed by atoms with Crippen molar-refractivity contribution in [3.8, 4) is 0 Å². The van der Waals surface area contributed by atoms with Crippen LogP contribution < -0.4 is 9.20 Å². The minimum absolute atomic E-state index is 0.00668. The molecule has 3 rings (SSSR count). The van der Waals surface area contributed by atoms with Gasteiger partial charge in [-0.25, -0.2) is 4.98 Å². The minimum Gasteiger partial charge on any atom is -0.461 e. The van der Waals surface area contributed by atoms with Gasteiger partial charge in [-0.15, -0.1) is 0 Å². The molecule has 1 N–H and O–H groups in total. The number of anilines is 2. The monoisotopic (exact) mass is 294 g/mol. The number of hydrogen-bond acceptors (Lipinski definition) is 4. The summed E-state index contributed by atoms with van der Waals surface area (Å²) < 4.78 is 2.85. The van der Waals surface area contributed by atoms with Crippen LogP contribution in [0.25, 0.3) is 0 Å². The van der Waals surface area contributed by atoms with Crippen LogP contribution in [-0.2, 0) is 11.2 Å². The quantitative estimate of drug-likeness (QED) is 0.876. The van der Waals surface area contributed by atoms with Crippen LogP contribution in [0.15, 0.2) is 36.5 Å². The van der Waals surface area contributed by atoms with E-state index in [0.717, 1.165) is 23.4 Å². The first-order valence-corrected chi connectivity index (χ1v) is 7.52. The van der Waals surface area contributed by atoms with Crippen LogP contribution in [0.3, 0.4) is 0 Å². The first kappa shape index (κ1) is 14.1. The molecular weight excluding hydrogens is 279 g/mol. The summed E-state index contributed by atoms with van der Waals surface area (Å²) in [5.41, 5.74) is 2.01. The summed E-state index contributed by atoms with van der Waals surface area (Å²) in [6, 6.07) is 10.1. The summed E-state index contributed by atoms with van der Waals surface area (Å²) in [6.45, 7) is 2.08. The standard InChI is InChI=1S/C15H15N4O.Al/c1-2-12(10-6-4-3-5-7-10)19-13(20)8-11-9-17-15(16)18-14(11)19;/h3-7,9,12H,2,8H2,1H3,(H-,16,17,18);/q-1;+1. The summed E-state index contributed by atoms with van der Waals surface area (Å²) in [5.74, 6) is 1.30. The van der Waals surface area contributed by atoms with Crippen molar-refractivity contribution < 1.29 is 4.79 Å². The number of rotatable bonds is 4. The normalized spacial score (nSPS) is 14.9. The molecule has 0 bridgehead atoms. The SMILES string of the molecule is CCC(c1ccccc1)N1C(=O)Cc2cnc([NH][Al])nc21. The predicted molar refractivity (Wildman–Crippen MR) is 82.1 cm³/mol. The van der Waals surface area contributed by atoms with Gasteiger partial charge in [-0.3, -0.25) is 9.69 Å². The first-order chi connectivity index (χ1) is 10.2. The van der Waals surface area contributed by atoms with Gasteiger partial charge < -0.3 is 4.30 Å². The van der Waals surface area contributed by atoms with Crippen LogP contribution in [-0.4, -0.2) is 32.4 Å². The highest BCUT2D eigenvalue weighted by molar-refractivity contribution is 6.15. The molecule has 0 saturated heterocycles. The third-order valence-corrected chi connectivity index (χ3v) is 3.95. The zero-order valence-corrected chi connectivity index (χ0v) is 12.9. The number of amides is 1. The molecule has 104 valence electrons. The van der Waals surface area contributed by atoms with Crippen molar-refractivity contribution in [1.29, 1.82) is 0 Å². The average Bonchev–Trinajstić information content (AvgIpc) is 2.85. The Morgan fingerprint density at radius 1 is 1.38 bits per heavy atom. The fourth-order valence-electron chi connectivity index (χ4n) is 2.73. The van der Waals surface area contributed by atoms with E-state index in [-0.39, 0.29) is 11.9 Å². The molecule has 0 fully saturated rings. The molecule has 1 unspecified atom stereocenters. The molecule has 0 spiro atoms. The minimum atomic E-state index is 0.00668. The van der Waals surface area contributed by atoms with E-state index >= 15 is 0 Å². The van der Waals surface area contributed by atoms with E-state index in [1.54, 1.807) is 11.1 Å². The zero-order chi connectivity index (χ0) is 14.8. The Morgan fingerprint density at radius 2 is 2.14 bits per heavy atom. The van der Waals surface area contributed by atoms with Crippen molar-refractivity contribution in [3.05, 3.63) is 47.7 Å². The molecule has 2 radical (unpaired) electrons. The molecule has 1 amide bonds. The maximum absolute atomic E-state index is 12.4. The molecule has 1 aliphatic rings. The Hall–Kier alpha value is -1.90. The van der Waals surface area contributed by atoms with Crippen molar-refractivity contribution >= 4 is 34.2 Å². The van der Waals surface area contributed by atoms with Gasteiger partial charge in [0.25, 0.3) is 0 Å². The molecule has 21 heavy (non-hydrogen) atoms. The van der Waals surface area contributed by atoms with Gasteiger partial charge in [-0.05, 0) is 12.0 Å². The van der Waals surface area contributed by atoms with Crippen molar-refractivity contribution in [3.63, 3.8) is 0 Å². The van der Waals surface area contributed by atoms with E-state index in [1.807, 2.05) is 18.2 Å². The number of carbonyl (C=O) groups is 1. The van der Waals surface area contributed by atoms with Gasteiger partial charge in [-0.2, -0.15) is 4.98 Å². The Morgan fingerprint density at radius 3 is 2.81 bits per heavy atom. The predicted octanol–water partition coefficient (Wildman–Crippen LogP) is 2.01. The molecule has 2 aromatic rings. The summed E-state index contributed by atoms with van der Waals surface area (Å²) in [7, 11) is 0. The molecule has 0 saturated carbocycles. The fourth-order valence-corrected chi connectivity index (χ4v) is 2.87. The van der Waals surface area contributed by atoms with Crippen LogP contribution in [0.5, 0.6) is 0 Å². The third kappa shape index (κ3) is 2.53. The highest BCUT2D eigenvalue weighted by atomic mass is 27.1. The van der Waals surface area contributed by atoms with Gasteiger partial charge in [0.2, 0.25) is 5.91 Å². The van der Waals surface area contributed by atoms with E-state index in [1.165, 1.54) is 0 Å². The smallest absolute Gasteiger partial charge is 0.310 e. The lowest BCUT2D eigenvalue weighted by molar-refractivity contribution is -0.117. The molecule has 1 aliphatic heterocycles. The van der Waals surface area contributed by atoms with Crippen molar-refractivity contribution in [2.24, 2.45) is 0 Å². The number of carbonyl (C=O) groups excluding carboxylic acids is 1. The maximum atomic E-state index is 12.4. The Labute approximate surface area is 132 Å². The average molecular weight is 294 g/mol. The van der Waals surface area contributed by atoms with Crippen LogP contribution in [0.4, 0.5) is 11.8 Å². The Balaban J connectivity index is 2.04. The van der Waals surface area contributed by atoms with Crippen molar-refractivity contribution in [2.75, 3.05) is 9.20 Å². The Bertz CT molecular complexity index is 662. The second kappa shape index (κ2) is 5.84. The molecular formula is C15H15AlN4O. The molecule has 0 aliphatic carbocycles. The lowest BCUT2D eigenvalue weighted by Gasteiger charge is -2.27. The van der Waals surface area contributed by atoms with Gasteiger partial charge >= 0.3 is 16.5 Å². The van der Waals surface area contributed by atoms with Gasteiger partial charge in [0.05, 0.1) is 12.5 Å². The van der Waals surface area contributed by atoms with E-state index in [9.17, 15) is 4.79 Å². The Kier molecular flexibility index (Phi) is 3.91. The van der Waals surface area contributed by atoms with Crippen molar-refractivity contribution in [2.45, 2.75) is 25.8 Å². The topological polar surface area (TPSA) is 58.1 Å². The highest BCUT2D eigenvalue weighted by Crippen LogP contribution is 2.36. The van der Waals surface area contributed by atoms with Crippen molar-refractivity contribution in [1.82, 2.24) is 9.97 Å². The fraction of sp³-hybridized carbons (Fsp3) is 0.267. The number of nitrogens with one attached hydrogen (secondary N) is 1. The van der Waals surface area contributed by atoms with Crippen LogP contribution in [0.1, 0.15) is 30.5 Å². The molecule has 1 atom stereocenters. The molecule has 1 aromatic carbocycles. The molecule has 6 heteroatoms. The van der Waals surface area contributed by atoms with Gasteiger partial charge in [0.1, 0.15) is 5.82 Å². The first-order valence-electron chi connectivity index (χ1n) is 6.94. The summed E-state index contributed by atoms with van der Waals surface area (Å²) in [4.78, 5) is 22.9. The van der Waals surface area contributed by atoms with Crippen LogP contribution >= 0.6 is 0 Å². The lowest BCUT2D eigenvalue weighted by atomic mass is 10.0. The molecule has 2 heterocycles. The summed E-state index contributed by atoms with van der Waals surface area (Å²) >= 11 is 2.37. The number of fused-ring (bicyclic) bond motifs is 1.